The molecule has 1 saturated heterocycles. The number of nitrogens with one attached hydrogen (secondary N) is 2. The second kappa shape index (κ2) is 9.12. The van der Waals surface area contributed by atoms with Crippen molar-refractivity contribution in [1.82, 2.24) is 24.8 Å². The molecule has 6 nitrogen and oxygen atoms in total. The number of benzene rings is 1. The zero-order valence-electron chi connectivity index (χ0n) is 14.1. The summed E-state index contributed by atoms with van der Waals surface area (Å²) in [4.78, 5) is 13.1. The summed E-state index contributed by atoms with van der Waals surface area (Å²) < 4.78 is 15.2. The van der Waals surface area contributed by atoms with Gasteiger partial charge in [-0.1, -0.05) is 12.1 Å². The van der Waals surface area contributed by atoms with E-state index in [1.165, 1.54) is 18.5 Å². The van der Waals surface area contributed by atoms with Crippen LogP contribution in [0.25, 0.3) is 11.2 Å². The van der Waals surface area contributed by atoms with Gasteiger partial charge in [0.15, 0.2) is 5.65 Å². The highest BCUT2D eigenvalue weighted by Gasteiger charge is 2.18. The van der Waals surface area contributed by atoms with Gasteiger partial charge in [-0.25, -0.2) is 19.3 Å². The lowest BCUT2D eigenvalue weighted by molar-refractivity contribution is 0.476. The van der Waals surface area contributed by atoms with Gasteiger partial charge >= 0.3 is 0 Å². The minimum atomic E-state index is -0.232. The summed E-state index contributed by atoms with van der Waals surface area (Å²) in [5, 5.41) is 6.90. The molecule has 0 aliphatic carbocycles. The molecule has 3 heterocycles. The first kappa shape index (κ1) is 20.4. The average Bonchev–Trinajstić information content (AvgIpc) is 2.95. The molecule has 26 heavy (non-hydrogen) atoms. The minimum Gasteiger partial charge on any atom is -0.353 e. The number of piperidine rings is 1. The van der Waals surface area contributed by atoms with Gasteiger partial charge in [0.2, 0.25) is 5.95 Å². The summed E-state index contributed by atoms with van der Waals surface area (Å²) in [6.07, 6.45) is 5.37. The van der Waals surface area contributed by atoms with Crippen LogP contribution >= 0.6 is 24.8 Å². The first-order valence-corrected chi connectivity index (χ1v) is 8.17. The maximum atomic E-state index is 13.1. The Bertz CT molecular complexity index is 833. The predicted octanol–water partition coefficient (Wildman–Crippen LogP) is 3.02. The third-order valence-electron chi connectivity index (χ3n) is 4.34. The third-order valence-corrected chi connectivity index (χ3v) is 4.34. The van der Waals surface area contributed by atoms with Gasteiger partial charge in [0.25, 0.3) is 0 Å². The van der Waals surface area contributed by atoms with Gasteiger partial charge < -0.3 is 10.6 Å². The third kappa shape index (κ3) is 4.41. The second-order valence-electron chi connectivity index (χ2n) is 6.05. The highest BCUT2D eigenvalue weighted by molar-refractivity contribution is 5.85. The summed E-state index contributed by atoms with van der Waals surface area (Å²) in [5.41, 5.74) is 2.55. The van der Waals surface area contributed by atoms with Crippen LogP contribution < -0.4 is 10.6 Å². The molecule has 0 spiro atoms. The zero-order valence-corrected chi connectivity index (χ0v) is 15.7. The Morgan fingerprint density at radius 1 is 1.15 bits per heavy atom. The second-order valence-corrected chi connectivity index (χ2v) is 6.05. The van der Waals surface area contributed by atoms with Crippen molar-refractivity contribution in [1.29, 1.82) is 0 Å². The fourth-order valence-electron chi connectivity index (χ4n) is 3.06. The van der Waals surface area contributed by atoms with Crippen LogP contribution in [0.4, 0.5) is 10.3 Å². The molecule has 2 aromatic heterocycles. The van der Waals surface area contributed by atoms with E-state index in [0.29, 0.717) is 12.6 Å². The van der Waals surface area contributed by atoms with Crippen LogP contribution in [-0.2, 0) is 6.54 Å². The van der Waals surface area contributed by atoms with Crippen molar-refractivity contribution < 1.29 is 4.39 Å². The Balaban J connectivity index is 0.00000121. The molecule has 1 aliphatic heterocycles. The van der Waals surface area contributed by atoms with Gasteiger partial charge in [-0.2, -0.15) is 0 Å². The average molecular weight is 399 g/mol. The van der Waals surface area contributed by atoms with Crippen molar-refractivity contribution in [3.05, 3.63) is 48.2 Å². The molecule has 0 amide bonds. The summed E-state index contributed by atoms with van der Waals surface area (Å²) in [7, 11) is 0. The van der Waals surface area contributed by atoms with Crippen molar-refractivity contribution in [3.63, 3.8) is 0 Å². The van der Waals surface area contributed by atoms with E-state index in [0.717, 1.165) is 48.6 Å². The zero-order chi connectivity index (χ0) is 16.4. The van der Waals surface area contributed by atoms with Gasteiger partial charge in [0.05, 0.1) is 12.7 Å². The highest BCUT2D eigenvalue weighted by atomic mass is 35.5. The molecule has 140 valence electrons. The molecular formula is C17H21Cl2FN6. The molecule has 0 saturated carbocycles. The van der Waals surface area contributed by atoms with Crippen molar-refractivity contribution in [3.8, 4) is 0 Å². The van der Waals surface area contributed by atoms with Gasteiger partial charge in [0, 0.05) is 6.04 Å². The van der Waals surface area contributed by atoms with Crippen LogP contribution in [0.15, 0.2) is 36.8 Å². The maximum absolute atomic E-state index is 13.1. The molecule has 0 atom stereocenters. The Labute approximate surface area is 163 Å². The topological polar surface area (TPSA) is 67.7 Å². The first-order valence-electron chi connectivity index (χ1n) is 8.17. The molecule has 1 aromatic carbocycles. The van der Waals surface area contributed by atoms with Crippen LogP contribution in [0.1, 0.15) is 18.4 Å². The quantitative estimate of drug-likeness (QED) is 0.706. The fraction of sp³-hybridized carbons (Fsp3) is 0.353. The number of aromatic nitrogens is 4. The van der Waals surface area contributed by atoms with Crippen LogP contribution in [-0.4, -0.2) is 38.7 Å². The highest BCUT2D eigenvalue weighted by Crippen LogP contribution is 2.21. The molecule has 1 fully saturated rings. The van der Waals surface area contributed by atoms with Crippen LogP contribution in [0.2, 0.25) is 0 Å². The van der Waals surface area contributed by atoms with Crippen LogP contribution in [0.5, 0.6) is 0 Å². The lowest BCUT2D eigenvalue weighted by atomic mass is 10.1. The van der Waals surface area contributed by atoms with Gasteiger partial charge in [-0.15, -0.1) is 24.8 Å². The van der Waals surface area contributed by atoms with E-state index in [9.17, 15) is 4.39 Å². The number of halogens is 3. The minimum absolute atomic E-state index is 0. The maximum Gasteiger partial charge on any atom is 0.205 e. The normalized spacial score (nSPS) is 14.5. The van der Waals surface area contributed by atoms with E-state index in [1.54, 1.807) is 18.3 Å². The molecule has 3 aromatic rings. The SMILES string of the molecule is Cl.Cl.Fc1ccc(Cn2c(NC3CCNCC3)nc3cncnc32)cc1. The van der Waals surface area contributed by atoms with Crippen molar-refractivity contribution in [2.75, 3.05) is 18.4 Å². The number of imidazole rings is 1. The Morgan fingerprint density at radius 2 is 1.88 bits per heavy atom. The molecule has 0 bridgehead atoms. The van der Waals surface area contributed by atoms with E-state index in [1.807, 2.05) is 4.57 Å². The van der Waals surface area contributed by atoms with E-state index in [4.69, 9.17) is 0 Å². The van der Waals surface area contributed by atoms with Crippen molar-refractivity contribution in [2.45, 2.75) is 25.4 Å². The monoisotopic (exact) mass is 398 g/mol. The lowest BCUT2D eigenvalue weighted by Crippen LogP contribution is -2.36. The van der Waals surface area contributed by atoms with Gasteiger partial charge in [-0.3, -0.25) is 4.57 Å². The Morgan fingerprint density at radius 3 is 2.62 bits per heavy atom. The number of fused-ring (bicyclic) bond motifs is 1. The van der Waals surface area contributed by atoms with Crippen LogP contribution in [0.3, 0.4) is 0 Å². The molecule has 0 unspecified atom stereocenters. The van der Waals surface area contributed by atoms with Gasteiger partial charge in [0.1, 0.15) is 17.7 Å². The molecule has 2 N–H and O–H groups in total. The predicted molar refractivity (Wildman–Crippen MR) is 105 cm³/mol. The number of hydrogen-bond donors (Lipinski definition) is 2. The summed E-state index contributed by atoms with van der Waals surface area (Å²) in [6, 6.07) is 6.92. The van der Waals surface area contributed by atoms with E-state index in [-0.39, 0.29) is 30.6 Å². The molecular weight excluding hydrogens is 378 g/mol. The Hall–Kier alpha value is -1.96. The summed E-state index contributed by atoms with van der Waals surface area (Å²) in [5.74, 6) is 0.561. The largest absolute Gasteiger partial charge is 0.353 e. The van der Waals surface area contributed by atoms with E-state index < -0.39 is 0 Å². The molecule has 9 heteroatoms. The van der Waals surface area contributed by atoms with Gasteiger partial charge in [-0.05, 0) is 43.6 Å². The van der Waals surface area contributed by atoms with E-state index >= 15 is 0 Å². The number of anilines is 1. The number of hydrogen-bond acceptors (Lipinski definition) is 5. The first-order chi connectivity index (χ1) is 11.8. The number of nitrogens with zero attached hydrogens (tertiary/aromatic N) is 4. The van der Waals surface area contributed by atoms with E-state index in [2.05, 4.69) is 25.6 Å². The lowest BCUT2D eigenvalue weighted by Gasteiger charge is -2.24. The molecule has 4 rings (SSSR count). The smallest absolute Gasteiger partial charge is 0.205 e. The molecule has 1 aliphatic rings. The molecule has 0 radical (unpaired) electrons. The van der Waals surface area contributed by atoms with Crippen LogP contribution in [0, 0.1) is 5.82 Å². The van der Waals surface area contributed by atoms with Crippen molar-refractivity contribution in [2.24, 2.45) is 0 Å². The summed E-state index contributed by atoms with van der Waals surface area (Å²) >= 11 is 0. The standard InChI is InChI=1S/C17H19FN6.2ClH/c18-13-3-1-12(2-4-13)10-24-16-15(9-20-11-21-16)23-17(24)22-14-5-7-19-8-6-14;;/h1-4,9,11,14,19H,5-8,10H2,(H,22,23);2*1H. The summed E-state index contributed by atoms with van der Waals surface area (Å²) in [6.45, 7) is 2.60. The Kier molecular flexibility index (Phi) is 7.14. The van der Waals surface area contributed by atoms with Crippen molar-refractivity contribution >= 4 is 41.9 Å². The number of rotatable bonds is 4. The fourth-order valence-corrected chi connectivity index (χ4v) is 3.06.